The largest absolute Gasteiger partial charge is 0.496 e. The zero-order valence-corrected chi connectivity index (χ0v) is 13.4. The summed E-state index contributed by atoms with van der Waals surface area (Å²) in [5.41, 5.74) is 6.86. The lowest BCUT2D eigenvalue weighted by Gasteiger charge is -2.35. The zero-order chi connectivity index (χ0) is 14.4. The molecule has 2 rings (SSSR count). The SMILES string of the molecule is COc1ccccc1CCC(=O)N1CCCCC1CN.Cl. The number of ether oxygens (including phenoxy) is 1. The van der Waals surface area contributed by atoms with Crippen LogP contribution in [0.5, 0.6) is 5.75 Å². The van der Waals surface area contributed by atoms with Gasteiger partial charge in [0.05, 0.1) is 7.11 Å². The molecular weight excluding hydrogens is 288 g/mol. The van der Waals surface area contributed by atoms with E-state index in [1.54, 1.807) is 7.11 Å². The lowest BCUT2D eigenvalue weighted by atomic mass is 10.0. The minimum Gasteiger partial charge on any atom is -0.496 e. The van der Waals surface area contributed by atoms with Crippen molar-refractivity contribution in [2.75, 3.05) is 20.2 Å². The molecule has 0 spiro atoms. The normalized spacial score (nSPS) is 18.0. The van der Waals surface area contributed by atoms with Crippen LogP contribution in [0, 0.1) is 0 Å². The predicted molar refractivity (Wildman–Crippen MR) is 87.0 cm³/mol. The second-order valence-electron chi connectivity index (χ2n) is 5.28. The lowest BCUT2D eigenvalue weighted by Crippen LogP contribution is -2.47. The smallest absolute Gasteiger partial charge is 0.223 e. The Bertz CT molecular complexity index is 454. The van der Waals surface area contributed by atoms with Gasteiger partial charge in [-0.05, 0) is 37.3 Å². The van der Waals surface area contributed by atoms with E-state index in [2.05, 4.69) is 0 Å². The van der Waals surface area contributed by atoms with Crippen LogP contribution in [-0.2, 0) is 11.2 Å². The average Bonchev–Trinajstić information content (AvgIpc) is 2.52. The molecule has 1 unspecified atom stereocenters. The minimum atomic E-state index is 0. The van der Waals surface area contributed by atoms with Crippen molar-refractivity contribution in [1.82, 2.24) is 4.90 Å². The van der Waals surface area contributed by atoms with Crippen molar-refractivity contribution >= 4 is 18.3 Å². The van der Waals surface area contributed by atoms with Gasteiger partial charge < -0.3 is 15.4 Å². The highest BCUT2D eigenvalue weighted by molar-refractivity contribution is 5.85. The molecule has 1 aromatic carbocycles. The number of halogens is 1. The molecule has 1 atom stereocenters. The molecule has 118 valence electrons. The molecule has 1 heterocycles. The van der Waals surface area contributed by atoms with Gasteiger partial charge >= 0.3 is 0 Å². The summed E-state index contributed by atoms with van der Waals surface area (Å²) >= 11 is 0. The fraction of sp³-hybridized carbons (Fsp3) is 0.562. The maximum atomic E-state index is 12.4. The van der Waals surface area contributed by atoms with E-state index >= 15 is 0 Å². The first kappa shape index (κ1) is 17.8. The number of benzene rings is 1. The number of carbonyl (C=O) groups excluding carboxylic acids is 1. The second kappa shape index (κ2) is 8.90. The third-order valence-electron chi connectivity index (χ3n) is 4.02. The third kappa shape index (κ3) is 4.61. The maximum Gasteiger partial charge on any atom is 0.223 e. The van der Waals surface area contributed by atoms with Crippen molar-refractivity contribution in [3.8, 4) is 5.75 Å². The molecule has 0 saturated carbocycles. The van der Waals surface area contributed by atoms with Gasteiger partial charge in [0.2, 0.25) is 5.91 Å². The van der Waals surface area contributed by atoms with E-state index in [1.165, 1.54) is 6.42 Å². The van der Waals surface area contributed by atoms with Gasteiger partial charge in [0.15, 0.2) is 0 Å². The number of likely N-dealkylation sites (tertiary alicyclic amines) is 1. The molecule has 1 aliphatic rings. The third-order valence-corrected chi connectivity index (χ3v) is 4.02. The van der Waals surface area contributed by atoms with E-state index in [4.69, 9.17) is 10.5 Å². The van der Waals surface area contributed by atoms with Gasteiger partial charge in [-0.1, -0.05) is 18.2 Å². The van der Waals surface area contributed by atoms with Crippen LogP contribution in [0.1, 0.15) is 31.2 Å². The lowest BCUT2D eigenvalue weighted by molar-refractivity contribution is -0.134. The summed E-state index contributed by atoms with van der Waals surface area (Å²) in [4.78, 5) is 14.3. The van der Waals surface area contributed by atoms with Crippen LogP contribution in [0.15, 0.2) is 24.3 Å². The molecule has 0 radical (unpaired) electrons. The van der Waals surface area contributed by atoms with E-state index in [0.29, 0.717) is 13.0 Å². The molecule has 2 N–H and O–H groups in total. The highest BCUT2D eigenvalue weighted by atomic mass is 35.5. The summed E-state index contributed by atoms with van der Waals surface area (Å²) in [7, 11) is 1.66. The molecule has 0 bridgehead atoms. The van der Waals surface area contributed by atoms with Crippen LogP contribution >= 0.6 is 12.4 Å². The first-order valence-electron chi connectivity index (χ1n) is 7.37. The number of nitrogens with two attached hydrogens (primary N) is 1. The fourth-order valence-electron chi connectivity index (χ4n) is 2.87. The van der Waals surface area contributed by atoms with Crippen LogP contribution in [0.2, 0.25) is 0 Å². The Morgan fingerprint density at radius 3 is 2.86 bits per heavy atom. The van der Waals surface area contributed by atoms with Crippen LogP contribution in [0.3, 0.4) is 0 Å². The second-order valence-corrected chi connectivity index (χ2v) is 5.28. The topological polar surface area (TPSA) is 55.6 Å². The number of nitrogens with zero attached hydrogens (tertiary/aromatic N) is 1. The molecule has 21 heavy (non-hydrogen) atoms. The molecule has 1 saturated heterocycles. The highest BCUT2D eigenvalue weighted by Crippen LogP contribution is 2.21. The number of rotatable bonds is 5. The quantitative estimate of drug-likeness (QED) is 0.908. The summed E-state index contributed by atoms with van der Waals surface area (Å²) in [5, 5.41) is 0. The van der Waals surface area contributed by atoms with Crippen molar-refractivity contribution in [3.05, 3.63) is 29.8 Å². The van der Waals surface area contributed by atoms with Crippen LogP contribution in [0.4, 0.5) is 0 Å². The number of carbonyl (C=O) groups is 1. The van der Waals surface area contributed by atoms with Crippen LogP contribution in [-0.4, -0.2) is 37.0 Å². The van der Waals surface area contributed by atoms with Crippen molar-refractivity contribution in [2.45, 2.75) is 38.1 Å². The van der Waals surface area contributed by atoms with Crippen molar-refractivity contribution in [1.29, 1.82) is 0 Å². The molecule has 0 aromatic heterocycles. The van der Waals surface area contributed by atoms with Gasteiger partial charge in [-0.3, -0.25) is 4.79 Å². The van der Waals surface area contributed by atoms with Gasteiger partial charge in [0, 0.05) is 25.6 Å². The summed E-state index contributed by atoms with van der Waals surface area (Å²) in [6, 6.07) is 8.10. The van der Waals surface area contributed by atoms with Gasteiger partial charge in [-0.15, -0.1) is 12.4 Å². The van der Waals surface area contributed by atoms with E-state index in [1.807, 2.05) is 29.2 Å². The van der Waals surface area contributed by atoms with E-state index in [9.17, 15) is 4.79 Å². The summed E-state index contributed by atoms with van der Waals surface area (Å²) in [5.74, 6) is 1.07. The van der Waals surface area contributed by atoms with Gasteiger partial charge in [0.25, 0.3) is 0 Å². The Hall–Kier alpha value is -1.26. The first-order chi connectivity index (χ1) is 9.76. The number of aryl methyl sites for hydroxylation is 1. The summed E-state index contributed by atoms with van der Waals surface area (Å²) in [6.07, 6.45) is 4.56. The number of methoxy groups -OCH3 is 1. The summed E-state index contributed by atoms with van der Waals surface area (Å²) < 4.78 is 5.32. The van der Waals surface area contributed by atoms with Crippen molar-refractivity contribution in [3.63, 3.8) is 0 Å². The van der Waals surface area contributed by atoms with E-state index < -0.39 is 0 Å². The number of amides is 1. The Balaban J connectivity index is 0.00000220. The first-order valence-corrected chi connectivity index (χ1v) is 7.37. The Labute approximate surface area is 133 Å². The van der Waals surface area contributed by atoms with Crippen LogP contribution in [0.25, 0.3) is 0 Å². The number of hydrogen-bond acceptors (Lipinski definition) is 3. The fourth-order valence-corrected chi connectivity index (χ4v) is 2.87. The maximum absolute atomic E-state index is 12.4. The van der Waals surface area contributed by atoms with Crippen molar-refractivity contribution in [2.24, 2.45) is 5.73 Å². The van der Waals surface area contributed by atoms with E-state index in [-0.39, 0.29) is 24.4 Å². The molecular formula is C16H25ClN2O2. The van der Waals surface area contributed by atoms with Crippen molar-refractivity contribution < 1.29 is 9.53 Å². The molecule has 1 aliphatic heterocycles. The Morgan fingerprint density at radius 1 is 1.38 bits per heavy atom. The molecule has 1 aromatic rings. The number of piperidine rings is 1. The zero-order valence-electron chi connectivity index (χ0n) is 12.6. The minimum absolute atomic E-state index is 0. The highest BCUT2D eigenvalue weighted by Gasteiger charge is 2.25. The summed E-state index contributed by atoms with van der Waals surface area (Å²) in [6.45, 7) is 1.42. The average molecular weight is 313 g/mol. The van der Waals surface area contributed by atoms with Gasteiger partial charge in [-0.25, -0.2) is 0 Å². The molecule has 4 nitrogen and oxygen atoms in total. The standard InChI is InChI=1S/C16H24N2O2.ClH/c1-20-15-8-3-2-6-13(15)9-10-16(19)18-11-5-4-7-14(18)12-17;/h2-3,6,8,14H,4-5,7,9-12,17H2,1H3;1H. The number of hydrogen-bond donors (Lipinski definition) is 1. The Kier molecular flexibility index (Phi) is 7.54. The molecule has 5 heteroatoms. The predicted octanol–water partition coefficient (Wildman–Crippen LogP) is 2.39. The van der Waals surface area contributed by atoms with Gasteiger partial charge in [-0.2, -0.15) is 0 Å². The molecule has 0 aliphatic carbocycles. The van der Waals surface area contributed by atoms with Gasteiger partial charge in [0.1, 0.15) is 5.75 Å². The molecule has 1 fully saturated rings. The molecule has 1 amide bonds. The monoisotopic (exact) mass is 312 g/mol. The number of para-hydroxylation sites is 1. The Morgan fingerprint density at radius 2 is 2.14 bits per heavy atom. The van der Waals surface area contributed by atoms with E-state index in [0.717, 1.165) is 37.1 Å². The van der Waals surface area contributed by atoms with Crippen LogP contribution < -0.4 is 10.5 Å².